The highest BCUT2D eigenvalue weighted by Crippen LogP contribution is 2.27. The van der Waals surface area contributed by atoms with Gasteiger partial charge in [-0.15, -0.1) is 0 Å². The molecule has 1 aliphatic rings. The number of pyridine rings is 1. The number of nitrogens with one attached hydrogen (secondary N) is 1. The first kappa shape index (κ1) is 23.5. The van der Waals surface area contributed by atoms with Gasteiger partial charge in [-0.1, -0.05) is 39.0 Å². The Morgan fingerprint density at radius 1 is 1.00 bits per heavy atom. The van der Waals surface area contributed by atoms with E-state index in [2.05, 4.69) is 90.5 Å². The molecule has 2 aromatic carbocycles. The Bertz CT molecular complexity index is 1070. The minimum atomic E-state index is -0.376. The summed E-state index contributed by atoms with van der Waals surface area (Å²) in [6, 6.07) is 19.4. The van der Waals surface area contributed by atoms with Crippen LogP contribution in [0.4, 0.5) is 11.4 Å². The number of anilines is 2. The molecular weight excluding hydrogens is 408 g/mol. The molecule has 5 nitrogen and oxygen atoms in total. The number of aliphatic hydroxyl groups is 1. The van der Waals surface area contributed by atoms with E-state index in [1.807, 2.05) is 6.92 Å². The lowest BCUT2D eigenvalue weighted by molar-refractivity contribution is 0.0746. The zero-order valence-electron chi connectivity index (χ0n) is 20.5. The molecular formula is C28H38N4O. The van der Waals surface area contributed by atoms with Crippen molar-refractivity contribution < 1.29 is 5.11 Å². The predicted octanol–water partition coefficient (Wildman–Crippen LogP) is 4.73. The van der Waals surface area contributed by atoms with Gasteiger partial charge in [0.05, 0.1) is 11.6 Å². The van der Waals surface area contributed by atoms with Crippen molar-refractivity contribution in [1.82, 2.24) is 9.88 Å². The number of rotatable bonds is 7. The quantitative estimate of drug-likeness (QED) is 0.550. The van der Waals surface area contributed by atoms with Crippen molar-refractivity contribution in [2.24, 2.45) is 5.41 Å². The van der Waals surface area contributed by atoms with Crippen molar-refractivity contribution in [3.63, 3.8) is 0 Å². The van der Waals surface area contributed by atoms with Crippen LogP contribution in [0.1, 0.15) is 32.0 Å². The zero-order valence-corrected chi connectivity index (χ0v) is 20.5. The Labute approximate surface area is 198 Å². The summed E-state index contributed by atoms with van der Waals surface area (Å²) in [7, 11) is 0. The van der Waals surface area contributed by atoms with Crippen LogP contribution in [-0.2, 0) is 6.42 Å². The van der Waals surface area contributed by atoms with E-state index in [1.54, 1.807) is 0 Å². The van der Waals surface area contributed by atoms with Gasteiger partial charge in [-0.25, -0.2) is 0 Å². The summed E-state index contributed by atoms with van der Waals surface area (Å²) >= 11 is 0. The molecule has 3 aromatic rings. The van der Waals surface area contributed by atoms with Gasteiger partial charge in [0.1, 0.15) is 0 Å². The summed E-state index contributed by atoms with van der Waals surface area (Å²) < 4.78 is 0. The molecule has 0 spiro atoms. The van der Waals surface area contributed by atoms with Gasteiger partial charge in [0.25, 0.3) is 0 Å². The first-order valence-corrected chi connectivity index (χ1v) is 12.1. The van der Waals surface area contributed by atoms with E-state index >= 15 is 0 Å². The second-order valence-corrected chi connectivity index (χ2v) is 10.3. The molecule has 2 N–H and O–H groups in total. The van der Waals surface area contributed by atoms with Crippen molar-refractivity contribution in [3.8, 4) is 0 Å². The molecule has 5 heteroatoms. The molecule has 0 bridgehead atoms. The van der Waals surface area contributed by atoms with Gasteiger partial charge in [0.15, 0.2) is 0 Å². The smallest absolute Gasteiger partial charge is 0.0760 e. The Morgan fingerprint density at radius 2 is 1.76 bits per heavy atom. The van der Waals surface area contributed by atoms with Gasteiger partial charge >= 0.3 is 0 Å². The van der Waals surface area contributed by atoms with E-state index in [9.17, 15) is 5.11 Å². The molecule has 1 aromatic heterocycles. The van der Waals surface area contributed by atoms with Crippen LogP contribution >= 0.6 is 0 Å². The molecule has 0 radical (unpaired) electrons. The van der Waals surface area contributed by atoms with Gasteiger partial charge in [-0.2, -0.15) is 0 Å². The number of piperazine rings is 1. The zero-order chi connectivity index (χ0) is 23.4. The second kappa shape index (κ2) is 10.1. The van der Waals surface area contributed by atoms with Crippen LogP contribution in [0.25, 0.3) is 10.9 Å². The van der Waals surface area contributed by atoms with Crippen molar-refractivity contribution in [2.45, 2.75) is 40.2 Å². The molecule has 0 saturated carbocycles. The Balaban J connectivity index is 1.29. The number of nitrogens with zero attached hydrogens (tertiary/aromatic N) is 3. The third kappa shape index (κ3) is 6.04. The third-order valence-corrected chi connectivity index (χ3v) is 6.70. The minimum absolute atomic E-state index is 0.117. The van der Waals surface area contributed by atoms with E-state index in [0.29, 0.717) is 6.54 Å². The van der Waals surface area contributed by atoms with Crippen LogP contribution < -0.4 is 10.2 Å². The number of fused-ring (bicyclic) bond motifs is 1. The largest absolute Gasteiger partial charge is 0.391 e. The van der Waals surface area contributed by atoms with Crippen LogP contribution in [0, 0.1) is 12.3 Å². The minimum Gasteiger partial charge on any atom is -0.391 e. The summed E-state index contributed by atoms with van der Waals surface area (Å²) in [5.74, 6) is 0. The highest BCUT2D eigenvalue weighted by atomic mass is 16.3. The number of aromatic nitrogens is 1. The standard InChI is InChI=1S/C28H38N4O/c1-21-11-12-24-25(30-21)9-6-10-26(24)32-17-15-31(16-18-32)14-13-22-7-5-8-23(19-22)29-20-27(33)28(2,3)4/h5-12,19,27,29,33H,13-18,20H2,1-4H3. The van der Waals surface area contributed by atoms with Crippen molar-refractivity contribution in [3.05, 3.63) is 65.9 Å². The normalized spacial score (nSPS) is 16.2. The van der Waals surface area contributed by atoms with E-state index in [4.69, 9.17) is 4.98 Å². The van der Waals surface area contributed by atoms with Crippen molar-refractivity contribution in [1.29, 1.82) is 0 Å². The van der Waals surface area contributed by atoms with Crippen LogP contribution in [0.3, 0.4) is 0 Å². The third-order valence-electron chi connectivity index (χ3n) is 6.70. The first-order valence-electron chi connectivity index (χ1n) is 12.1. The van der Waals surface area contributed by atoms with Crippen LogP contribution in [0.2, 0.25) is 0 Å². The molecule has 1 aliphatic heterocycles. The fourth-order valence-electron chi connectivity index (χ4n) is 4.37. The molecule has 0 amide bonds. The van der Waals surface area contributed by atoms with Crippen LogP contribution in [-0.4, -0.2) is 60.4 Å². The van der Waals surface area contributed by atoms with E-state index < -0.39 is 0 Å². The molecule has 1 atom stereocenters. The van der Waals surface area contributed by atoms with Gasteiger partial charge in [-0.3, -0.25) is 9.88 Å². The monoisotopic (exact) mass is 446 g/mol. The van der Waals surface area contributed by atoms with E-state index in [-0.39, 0.29) is 11.5 Å². The van der Waals surface area contributed by atoms with Crippen molar-refractivity contribution >= 4 is 22.3 Å². The highest BCUT2D eigenvalue weighted by Gasteiger charge is 2.22. The number of aliphatic hydroxyl groups excluding tert-OH is 1. The van der Waals surface area contributed by atoms with Crippen molar-refractivity contribution in [2.75, 3.05) is 49.5 Å². The summed E-state index contributed by atoms with van der Waals surface area (Å²) in [4.78, 5) is 9.76. The Hall–Kier alpha value is -2.63. The van der Waals surface area contributed by atoms with Gasteiger partial charge < -0.3 is 15.3 Å². The average molecular weight is 447 g/mol. The maximum absolute atomic E-state index is 10.3. The number of benzene rings is 2. The highest BCUT2D eigenvalue weighted by molar-refractivity contribution is 5.92. The van der Waals surface area contributed by atoms with Gasteiger partial charge in [0, 0.05) is 61.7 Å². The summed E-state index contributed by atoms with van der Waals surface area (Å²) in [6.07, 6.45) is 0.661. The van der Waals surface area contributed by atoms with Gasteiger partial charge in [0.2, 0.25) is 0 Å². The molecule has 4 rings (SSSR count). The maximum Gasteiger partial charge on any atom is 0.0760 e. The first-order chi connectivity index (χ1) is 15.8. The fourth-order valence-corrected chi connectivity index (χ4v) is 4.37. The number of hydrogen-bond acceptors (Lipinski definition) is 5. The van der Waals surface area contributed by atoms with Crippen LogP contribution in [0.5, 0.6) is 0 Å². The molecule has 1 unspecified atom stereocenters. The van der Waals surface area contributed by atoms with E-state index in [0.717, 1.165) is 56.0 Å². The molecule has 1 saturated heterocycles. The second-order valence-electron chi connectivity index (χ2n) is 10.3. The molecule has 176 valence electrons. The summed E-state index contributed by atoms with van der Waals surface area (Å²) in [6.45, 7) is 14.1. The van der Waals surface area contributed by atoms with E-state index in [1.165, 1.54) is 16.6 Å². The lowest BCUT2D eigenvalue weighted by Crippen LogP contribution is -2.47. The summed E-state index contributed by atoms with van der Waals surface area (Å²) in [5, 5.41) is 14.9. The predicted molar refractivity (Wildman–Crippen MR) is 139 cm³/mol. The Kier molecular flexibility index (Phi) is 7.20. The average Bonchev–Trinajstić information content (AvgIpc) is 2.80. The van der Waals surface area contributed by atoms with Crippen LogP contribution in [0.15, 0.2) is 54.6 Å². The maximum atomic E-state index is 10.3. The summed E-state index contributed by atoms with van der Waals surface area (Å²) in [5.41, 5.74) is 5.75. The topological polar surface area (TPSA) is 51.6 Å². The Morgan fingerprint density at radius 3 is 2.52 bits per heavy atom. The lowest BCUT2D eigenvalue weighted by Gasteiger charge is -2.36. The molecule has 0 aliphatic carbocycles. The molecule has 2 heterocycles. The fraction of sp³-hybridized carbons (Fsp3) is 0.464. The van der Waals surface area contributed by atoms with Gasteiger partial charge in [-0.05, 0) is 60.7 Å². The molecule has 33 heavy (non-hydrogen) atoms. The number of hydrogen-bond donors (Lipinski definition) is 2. The SMILES string of the molecule is Cc1ccc2c(N3CCN(CCc4cccc(NCC(O)C(C)(C)C)c4)CC3)cccc2n1. The lowest BCUT2D eigenvalue weighted by atomic mass is 9.89. The number of aryl methyl sites for hydroxylation is 1. The molecule has 1 fully saturated rings.